The van der Waals surface area contributed by atoms with Gasteiger partial charge in [0.1, 0.15) is 34.7 Å². The number of benzene rings is 4. The van der Waals surface area contributed by atoms with Crippen molar-refractivity contribution in [1.29, 1.82) is 0 Å². The minimum Gasteiger partial charge on any atom is -0.343 e. The Morgan fingerprint density at radius 1 is 0.471 bits per heavy atom. The Bertz CT molecular complexity index is 2600. The van der Waals surface area contributed by atoms with E-state index < -0.39 is 93.3 Å². The van der Waals surface area contributed by atoms with Gasteiger partial charge in [0, 0.05) is 36.3 Å². The fourth-order valence-electron chi connectivity index (χ4n) is 7.43. The lowest BCUT2D eigenvalue weighted by molar-refractivity contribution is -0.140. The molecule has 0 saturated carbocycles. The van der Waals surface area contributed by atoms with Crippen molar-refractivity contribution in [1.82, 2.24) is 37.2 Å². The molecule has 68 heavy (non-hydrogen) atoms. The Morgan fingerprint density at radius 3 is 1.46 bits per heavy atom. The third kappa shape index (κ3) is 13.0. The summed E-state index contributed by atoms with van der Waals surface area (Å²) in [7, 11) is 0. The lowest BCUT2D eigenvalue weighted by Gasteiger charge is -2.33. The summed E-state index contributed by atoms with van der Waals surface area (Å²) < 4.78 is 0. The van der Waals surface area contributed by atoms with Gasteiger partial charge in [-0.1, -0.05) is 104 Å². The highest BCUT2D eigenvalue weighted by molar-refractivity contribution is 6.09. The highest BCUT2D eigenvalue weighted by Gasteiger charge is 2.41. The van der Waals surface area contributed by atoms with Crippen LogP contribution < -0.4 is 37.2 Å². The molecule has 5 rings (SSSR count). The van der Waals surface area contributed by atoms with Gasteiger partial charge < -0.3 is 37.2 Å². The van der Waals surface area contributed by atoms with E-state index in [2.05, 4.69) is 37.2 Å². The topological polar surface area (TPSA) is 238 Å². The van der Waals surface area contributed by atoms with Crippen LogP contribution in [-0.4, -0.2) is 93.2 Å². The SMILES string of the molecule is CC1NC(=O)C(C)(C)NC(=O)C(Cc2ccc3ccccc3c2)NC(=O)C(C)(C)NC(=O)[C@H](C)CC(=O)C(C)(C)NC(=O)[C@@H](Cc2ccc(C(=O)c3ccccc3)cc2)NC(=O)C(C)(C)NC1=O. The van der Waals surface area contributed by atoms with E-state index in [1.807, 2.05) is 42.5 Å². The summed E-state index contributed by atoms with van der Waals surface area (Å²) in [6.45, 7) is 14.4. The molecule has 0 bridgehead atoms. The van der Waals surface area contributed by atoms with Crippen LogP contribution in [0.3, 0.4) is 0 Å². The standard InChI is InChI=1S/C52H63N7O9/c1-30-26-40(60)49(3,4)58-44(64)38(28-32-20-24-36(25-21-32)41(61)35-17-12-11-13-18-35)54-48(68)52(9,10)57-43(63)31(2)53-46(66)50(5,6)59-45(65)39(55-47(67)51(7,8)56-42(30)62)29-33-22-23-34-16-14-15-19-37(34)27-33/h11-25,27,30-31,38-39H,26,28-29H2,1-10H3,(H,53,66)(H,54,68)(H,55,67)(H,56,62)(H,57,63)(H,58,64)(H,59,65)/t30-,31?,38-,39?/m1/s1. The first kappa shape index (κ1) is 51.7. The number of hydrogen-bond acceptors (Lipinski definition) is 9. The van der Waals surface area contributed by atoms with Crippen LogP contribution in [0.2, 0.25) is 0 Å². The number of hydrogen-bond donors (Lipinski definition) is 7. The molecule has 4 aromatic rings. The summed E-state index contributed by atoms with van der Waals surface area (Å²) in [4.78, 5) is 124. The lowest BCUT2D eigenvalue weighted by atomic mass is 9.89. The Morgan fingerprint density at radius 2 is 0.897 bits per heavy atom. The maximum Gasteiger partial charge on any atom is 0.245 e. The summed E-state index contributed by atoms with van der Waals surface area (Å²) >= 11 is 0. The smallest absolute Gasteiger partial charge is 0.245 e. The molecule has 1 saturated heterocycles. The van der Waals surface area contributed by atoms with Gasteiger partial charge in [-0.05, 0) is 84.2 Å². The van der Waals surface area contributed by atoms with Gasteiger partial charge in [-0.3, -0.25) is 43.2 Å². The lowest BCUT2D eigenvalue weighted by Crippen LogP contribution is -2.65. The Hall–Kier alpha value is -7.23. The number of carbonyl (C=O) groups excluding carboxylic acids is 9. The molecule has 0 aromatic heterocycles. The zero-order valence-electron chi connectivity index (χ0n) is 40.3. The molecule has 0 spiro atoms. The molecule has 1 heterocycles. The first-order valence-electron chi connectivity index (χ1n) is 22.6. The quantitative estimate of drug-likeness (QED) is 0.140. The van der Waals surface area contributed by atoms with Crippen LogP contribution in [0, 0.1) is 5.92 Å². The van der Waals surface area contributed by atoms with Gasteiger partial charge in [-0.15, -0.1) is 0 Å². The number of fused-ring (bicyclic) bond motifs is 1. The van der Waals surface area contributed by atoms with E-state index in [1.54, 1.807) is 54.6 Å². The van der Waals surface area contributed by atoms with E-state index in [9.17, 15) is 43.2 Å². The molecule has 7 amide bonds. The predicted octanol–water partition coefficient (Wildman–Crippen LogP) is 3.52. The van der Waals surface area contributed by atoms with Gasteiger partial charge in [0.25, 0.3) is 0 Å². The summed E-state index contributed by atoms with van der Waals surface area (Å²) in [6, 6.07) is 24.6. The first-order valence-corrected chi connectivity index (χ1v) is 22.6. The van der Waals surface area contributed by atoms with Gasteiger partial charge in [0.05, 0.1) is 5.54 Å². The monoisotopic (exact) mass is 929 g/mol. The van der Waals surface area contributed by atoms with Gasteiger partial charge in [0.2, 0.25) is 41.4 Å². The molecule has 4 atom stereocenters. The van der Waals surface area contributed by atoms with E-state index in [0.29, 0.717) is 22.3 Å². The average Bonchev–Trinajstić information content (AvgIpc) is 3.27. The summed E-state index contributed by atoms with van der Waals surface area (Å²) in [5, 5.41) is 20.7. The zero-order valence-corrected chi connectivity index (χ0v) is 40.3. The van der Waals surface area contributed by atoms with Crippen molar-refractivity contribution in [3.05, 3.63) is 119 Å². The molecule has 16 heteroatoms. The minimum absolute atomic E-state index is 0.00526. The molecule has 1 aliphatic heterocycles. The minimum atomic E-state index is -1.67. The van der Waals surface area contributed by atoms with Crippen molar-refractivity contribution in [3.63, 3.8) is 0 Å². The van der Waals surface area contributed by atoms with Crippen molar-refractivity contribution < 1.29 is 43.2 Å². The molecule has 4 aromatic carbocycles. The molecule has 0 aliphatic carbocycles. The van der Waals surface area contributed by atoms with Gasteiger partial charge in [-0.25, -0.2) is 0 Å². The first-order chi connectivity index (χ1) is 31.7. The normalized spacial score (nSPS) is 23.0. The maximum absolute atomic E-state index is 14.2. The third-order valence-corrected chi connectivity index (χ3v) is 12.0. The highest BCUT2D eigenvalue weighted by atomic mass is 16.2. The number of Topliss-reactive ketones (excluding diaryl/α,β-unsaturated/α-hetero) is 1. The summed E-state index contributed by atoms with van der Waals surface area (Å²) in [5.74, 6) is -6.90. The second kappa shape index (κ2) is 20.7. The van der Waals surface area contributed by atoms with E-state index in [4.69, 9.17) is 0 Å². The molecule has 7 N–H and O–H groups in total. The van der Waals surface area contributed by atoms with Crippen LogP contribution in [0.1, 0.15) is 103 Å². The van der Waals surface area contributed by atoms with Crippen LogP contribution in [0.4, 0.5) is 0 Å². The second-order valence-electron chi connectivity index (χ2n) is 19.7. The van der Waals surface area contributed by atoms with E-state index >= 15 is 0 Å². The van der Waals surface area contributed by atoms with Crippen LogP contribution in [0.5, 0.6) is 0 Å². The van der Waals surface area contributed by atoms with Crippen LogP contribution in [0.15, 0.2) is 97.1 Å². The van der Waals surface area contributed by atoms with Gasteiger partial charge in [0.15, 0.2) is 11.6 Å². The van der Waals surface area contributed by atoms with Crippen LogP contribution in [-0.2, 0) is 51.2 Å². The zero-order chi connectivity index (χ0) is 50.4. The largest absolute Gasteiger partial charge is 0.343 e. The van der Waals surface area contributed by atoms with Crippen LogP contribution in [0.25, 0.3) is 10.8 Å². The van der Waals surface area contributed by atoms with Crippen molar-refractivity contribution in [3.8, 4) is 0 Å². The molecule has 360 valence electrons. The van der Waals surface area contributed by atoms with E-state index in [1.165, 1.54) is 69.2 Å². The Labute approximate surface area is 396 Å². The number of carbonyl (C=O) groups is 9. The second-order valence-corrected chi connectivity index (χ2v) is 19.7. The molecule has 2 unspecified atom stereocenters. The molecule has 16 nitrogen and oxygen atoms in total. The highest BCUT2D eigenvalue weighted by Crippen LogP contribution is 2.20. The van der Waals surface area contributed by atoms with Gasteiger partial charge >= 0.3 is 0 Å². The van der Waals surface area contributed by atoms with E-state index in [-0.39, 0.29) is 25.0 Å². The molecular weight excluding hydrogens is 867 g/mol. The molecular formula is C52H63N7O9. The summed E-state index contributed by atoms with van der Waals surface area (Å²) in [6.07, 6.45) is -0.459. The number of ketones is 2. The van der Waals surface area contributed by atoms with E-state index in [0.717, 1.165) is 10.8 Å². The van der Waals surface area contributed by atoms with Crippen molar-refractivity contribution in [2.24, 2.45) is 5.92 Å². The average molecular weight is 930 g/mol. The number of rotatable bonds is 6. The fourth-order valence-corrected chi connectivity index (χ4v) is 7.43. The van der Waals surface area contributed by atoms with Crippen molar-refractivity contribution in [2.75, 3.05) is 0 Å². The third-order valence-electron chi connectivity index (χ3n) is 12.0. The Balaban J connectivity index is 1.44. The molecule has 1 aliphatic rings. The molecule has 0 radical (unpaired) electrons. The van der Waals surface area contributed by atoms with Crippen molar-refractivity contribution in [2.45, 2.75) is 129 Å². The van der Waals surface area contributed by atoms with Crippen molar-refractivity contribution >= 4 is 63.7 Å². The number of nitrogens with one attached hydrogen (secondary N) is 7. The molecule has 1 fully saturated rings. The maximum atomic E-state index is 14.2. The summed E-state index contributed by atoms with van der Waals surface area (Å²) in [5.41, 5.74) is -4.38. The number of amides is 7. The van der Waals surface area contributed by atoms with Gasteiger partial charge in [-0.2, -0.15) is 0 Å². The predicted molar refractivity (Wildman–Crippen MR) is 257 cm³/mol. The van der Waals surface area contributed by atoms with Crippen LogP contribution >= 0.6 is 0 Å². The fraction of sp³-hybridized carbons (Fsp3) is 0.404. The Kier molecular flexibility index (Phi) is 15.8.